The SMILES string of the molecule is Cc1cccc(OCC(O)CN2CC3CCC2C3)c1. The first-order valence-corrected chi connectivity index (χ1v) is 7.32. The van der Waals surface area contributed by atoms with E-state index < -0.39 is 0 Å². The Kier molecular flexibility index (Phi) is 3.76. The smallest absolute Gasteiger partial charge is 0.119 e. The molecule has 3 atom stereocenters. The van der Waals surface area contributed by atoms with Crippen molar-refractivity contribution in [1.82, 2.24) is 4.90 Å². The lowest BCUT2D eigenvalue weighted by Gasteiger charge is -2.28. The summed E-state index contributed by atoms with van der Waals surface area (Å²) in [6, 6.07) is 8.70. The highest BCUT2D eigenvalue weighted by Crippen LogP contribution is 2.37. The van der Waals surface area contributed by atoms with Crippen LogP contribution in [0.5, 0.6) is 5.75 Å². The molecule has 0 aromatic heterocycles. The summed E-state index contributed by atoms with van der Waals surface area (Å²) < 4.78 is 5.66. The molecule has 2 bridgehead atoms. The summed E-state index contributed by atoms with van der Waals surface area (Å²) in [5.74, 6) is 1.73. The molecule has 1 aromatic carbocycles. The summed E-state index contributed by atoms with van der Waals surface area (Å²) in [4.78, 5) is 2.44. The Morgan fingerprint density at radius 1 is 1.42 bits per heavy atom. The molecular formula is C16H23NO2. The van der Waals surface area contributed by atoms with Crippen LogP contribution in [0.2, 0.25) is 0 Å². The van der Waals surface area contributed by atoms with Gasteiger partial charge < -0.3 is 9.84 Å². The van der Waals surface area contributed by atoms with Crippen molar-refractivity contribution in [3.63, 3.8) is 0 Å². The number of piperidine rings is 1. The molecule has 104 valence electrons. The van der Waals surface area contributed by atoms with Crippen molar-refractivity contribution in [2.24, 2.45) is 5.92 Å². The lowest BCUT2D eigenvalue weighted by molar-refractivity contribution is 0.0573. The molecule has 1 aromatic rings. The molecule has 1 heterocycles. The predicted octanol–water partition coefficient (Wildman–Crippen LogP) is 2.22. The minimum Gasteiger partial charge on any atom is -0.491 e. The third-order valence-corrected chi connectivity index (χ3v) is 4.40. The van der Waals surface area contributed by atoms with Crippen LogP contribution in [-0.4, -0.2) is 41.8 Å². The Labute approximate surface area is 115 Å². The number of hydrogen-bond donors (Lipinski definition) is 1. The van der Waals surface area contributed by atoms with E-state index >= 15 is 0 Å². The number of β-amino-alcohol motifs (C(OH)–C–C–N with tert-alkyl or cyclic N) is 1. The number of hydrogen-bond acceptors (Lipinski definition) is 3. The van der Waals surface area contributed by atoms with Crippen molar-refractivity contribution in [2.75, 3.05) is 19.7 Å². The van der Waals surface area contributed by atoms with Gasteiger partial charge in [0.2, 0.25) is 0 Å². The zero-order valence-electron chi connectivity index (χ0n) is 11.6. The zero-order chi connectivity index (χ0) is 13.2. The van der Waals surface area contributed by atoms with E-state index in [4.69, 9.17) is 4.74 Å². The normalized spacial score (nSPS) is 27.7. The van der Waals surface area contributed by atoms with Crippen LogP contribution < -0.4 is 4.74 Å². The van der Waals surface area contributed by atoms with E-state index in [-0.39, 0.29) is 6.10 Å². The van der Waals surface area contributed by atoms with Gasteiger partial charge in [-0.1, -0.05) is 12.1 Å². The minimum absolute atomic E-state index is 0.386. The first kappa shape index (κ1) is 12.9. The Hall–Kier alpha value is -1.06. The third kappa shape index (κ3) is 3.10. The maximum atomic E-state index is 10.1. The Morgan fingerprint density at radius 3 is 3.00 bits per heavy atom. The van der Waals surface area contributed by atoms with Gasteiger partial charge in [-0.2, -0.15) is 0 Å². The van der Waals surface area contributed by atoms with Gasteiger partial charge in [-0.05, 0) is 49.8 Å². The van der Waals surface area contributed by atoms with Crippen molar-refractivity contribution >= 4 is 0 Å². The summed E-state index contributed by atoms with van der Waals surface area (Å²) in [6.45, 7) is 4.36. The fraction of sp³-hybridized carbons (Fsp3) is 0.625. The molecule has 0 radical (unpaired) electrons. The molecule has 3 nitrogen and oxygen atoms in total. The average Bonchev–Trinajstić information content (AvgIpc) is 2.99. The monoisotopic (exact) mass is 261 g/mol. The lowest BCUT2D eigenvalue weighted by atomic mass is 10.1. The number of likely N-dealkylation sites (tertiary alicyclic amines) is 1. The van der Waals surface area contributed by atoms with Crippen LogP contribution in [0, 0.1) is 12.8 Å². The van der Waals surface area contributed by atoms with Crippen LogP contribution in [0.4, 0.5) is 0 Å². The number of rotatable bonds is 5. The van der Waals surface area contributed by atoms with Crippen molar-refractivity contribution in [3.8, 4) is 5.75 Å². The van der Waals surface area contributed by atoms with Gasteiger partial charge in [0.25, 0.3) is 0 Å². The highest BCUT2D eigenvalue weighted by molar-refractivity contribution is 5.27. The molecule has 2 fully saturated rings. The largest absolute Gasteiger partial charge is 0.491 e. The van der Waals surface area contributed by atoms with Crippen LogP contribution in [0.3, 0.4) is 0 Å². The average molecular weight is 261 g/mol. The van der Waals surface area contributed by atoms with E-state index in [1.54, 1.807) is 0 Å². The summed E-state index contributed by atoms with van der Waals surface area (Å²) in [7, 11) is 0. The van der Waals surface area contributed by atoms with Crippen molar-refractivity contribution in [3.05, 3.63) is 29.8 Å². The van der Waals surface area contributed by atoms with E-state index in [1.807, 2.05) is 31.2 Å². The summed E-state index contributed by atoms with van der Waals surface area (Å²) in [5, 5.41) is 10.1. The molecule has 0 spiro atoms. The van der Waals surface area contributed by atoms with Crippen LogP contribution in [-0.2, 0) is 0 Å². The highest BCUT2D eigenvalue weighted by Gasteiger charge is 2.38. The van der Waals surface area contributed by atoms with E-state index in [2.05, 4.69) is 4.90 Å². The molecule has 1 aliphatic carbocycles. The predicted molar refractivity (Wildman–Crippen MR) is 75.4 cm³/mol. The van der Waals surface area contributed by atoms with Gasteiger partial charge in [0.05, 0.1) is 0 Å². The Morgan fingerprint density at radius 2 is 2.32 bits per heavy atom. The topological polar surface area (TPSA) is 32.7 Å². The molecule has 3 unspecified atom stereocenters. The van der Waals surface area contributed by atoms with E-state index in [0.29, 0.717) is 6.61 Å². The van der Waals surface area contributed by atoms with Crippen LogP contribution >= 0.6 is 0 Å². The molecule has 2 aliphatic rings. The molecule has 3 heteroatoms. The van der Waals surface area contributed by atoms with Crippen molar-refractivity contribution < 1.29 is 9.84 Å². The summed E-state index contributed by atoms with van der Waals surface area (Å²) in [5.41, 5.74) is 1.18. The quantitative estimate of drug-likeness (QED) is 0.882. The van der Waals surface area contributed by atoms with Crippen LogP contribution in [0.25, 0.3) is 0 Å². The second kappa shape index (κ2) is 5.51. The number of aliphatic hydroxyl groups excluding tert-OH is 1. The third-order valence-electron chi connectivity index (χ3n) is 4.40. The second-order valence-electron chi connectivity index (χ2n) is 6.07. The number of aliphatic hydroxyl groups is 1. The van der Waals surface area contributed by atoms with Crippen LogP contribution in [0.15, 0.2) is 24.3 Å². The van der Waals surface area contributed by atoms with E-state index in [0.717, 1.165) is 24.3 Å². The Balaban J connectivity index is 1.45. The second-order valence-corrected chi connectivity index (χ2v) is 6.07. The fourth-order valence-electron chi connectivity index (χ4n) is 3.47. The minimum atomic E-state index is -0.389. The number of benzene rings is 1. The number of nitrogens with zero attached hydrogens (tertiary/aromatic N) is 1. The maximum absolute atomic E-state index is 10.1. The van der Waals surface area contributed by atoms with Gasteiger partial charge >= 0.3 is 0 Å². The molecular weight excluding hydrogens is 238 g/mol. The standard InChI is InChI=1S/C16H23NO2/c1-12-3-2-4-16(7-12)19-11-15(18)10-17-9-13-5-6-14(17)8-13/h2-4,7,13-15,18H,5-6,8-11H2,1H3. The maximum Gasteiger partial charge on any atom is 0.119 e. The zero-order valence-corrected chi connectivity index (χ0v) is 11.6. The van der Waals surface area contributed by atoms with Crippen molar-refractivity contribution in [1.29, 1.82) is 0 Å². The molecule has 3 rings (SSSR count). The van der Waals surface area contributed by atoms with Crippen LogP contribution in [0.1, 0.15) is 24.8 Å². The first-order valence-electron chi connectivity index (χ1n) is 7.32. The molecule has 1 saturated carbocycles. The van der Waals surface area contributed by atoms with Crippen molar-refractivity contribution in [2.45, 2.75) is 38.3 Å². The van der Waals surface area contributed by atoms with E-state index in [1.165, 1.54) is 31.4 Å². The fourth-order valence-corrected chi connectivity index (χ4v) is 3.47. The molecule has 1 saturated heterocycles. The summed E-state index contributed by atoms with van der Waals surface area (Å²) >= 11 is 0. The Bertz CT molecular complexity index is 435. The van der Waals surface area contributed by atoms with Gasteiger partial charge in [0, 0.05) is 19.1 Å². The van der Waals surface area contributed by atoms with Gasteiger partial charge in [0.1, 0.15) is 18.5 Å². The first-order chi connectivity index (χ1) is 9.20. The summed E-state index contributed by atoms with van der Waals surface area (Å²) in [6.07, 6.45) is 3.65. The van der Waals surface area contributed by atoms with Gasteiger partial charge in [-0.3, -0.25) is 4.90 Å². The number of ether oxygens (including phenoxy) is 1. The van der Waals surface area contributed by atoms with Gasteiger partial charge in [-0.15, -0.1) is 0 Å². The number of aryl methyl sites for hydroxylation is 1. The van der Waals surface area contributed by atoms with Gasteiger partial charge in [-0.25, -0.2) is 0 Å². The molecule has 0 amide bonds. The molecule has 1 aliphatic heterocycles. The highest BCUT2D eigenvalue weighted by atomic mass is 16.5. The van der Waals surface area contributed by atoms with E-state index in [9.17, 15) is 5.11 Å². The molecule has 19 heavy (non-hydrogen) atoms. The number of fused-ring (bicyclic) bond motifs is 2. The van der Waals surface area contributed by atoms with Gasteiger partial charge in [0.15, 0.2) is 0 Å². The molecule has 1 N–H and O–H groups in total. The lowest BCUT2D eigenvalue weighted by Crippen LogP contribution is -2.40.